The van der Waals surface area contributed by atoms with E-state index >= 15 is 0 Å². The predicted octanol–water partition coefficient (Wildman–Crippen LogP) is 1.53. The summed E-state index contributed by atoms with van der Waals surface area (Å²) >= 11 is 0. The molecule has 2 saturated heterocycles. The van der Waals surface area contributed by atoms with Gasteiger partial charge in [-0.2, -0.15) is 0 Å². The van der Waals surface area contributed by atoms with Gasteiger partial charge in [0, 0.05) is 31.0 Å². The molecule has 18 heavy (non-hydrogen) atoms. The van der Waals surface area contributed by atoms with Gasteiger partial charge in [0.25, 0.3) is 0 Å². The highest BCUT2D eigenvalue weighted by Crippen LogP contribution is 2.31. The van der Waals surface area contributed by atoms with Gasteiger partial charge in [0.05, 0.1) is 19.8 Å². The van der Waals surface area contributed by atoms with Crippen LogP contribution in [-0.2, 0) is 14.3 Å². The summed E-state index contributed by atoms with van der Waals surface area (Å²) in [5, 5.41) is 3.57. The molecule has 0 aromatic rings. The molecule has 104 valence electrons. The van der Waals surface area contributed by atoms with E-state index < -0.39 is 0 Å². The van der Waals surface area contributed by atoms with Gasteiger partial charge in [-0.3, -0.25) is 4.79 Å². The first-order chi connectivity index (χ1) is 8.79. The summed E-state index contributed by atoms with van der Waals surface area (Å²) in [5.74, 6) is 0.670. The molecule has 2 heterocycles. The lowest BCUT2D eigenvalue weighted by Gasteiger charge is -2.28. The van der Waals surface area contributed by atoms with E-state index in [2.05, 4.69) is 5.32 Å². The maximum atomic E-state index is 12.1. The number of carbonyl (C=O) groups is 1. The van der Waals surface area contributed by atoms with E-state index in [9.17, 15) is 4.79 Å². The summed E-state index contributed by atoms with van der Waals surface area (Å²) in [6, 6.07) is 1.19. The Hall–Kier alpha value is -0.450. The van der Waals surface area contributed by atoms with E-state index in [4.69, 9.17) is 9.47 Å². The summed E-state index contributed by atoms with van der Waals surface area (Å²) < 4.78 is 10.6. The average Bonchev–Trinajstić information content (AvgIpc) is 2.72. The Bertz CT molecular complexity index is 258. The number of hydrogen-bond donors (Lipinski definition) is 1. The zero-order chi connectivity index (χ0) is 12.8. The number of ketones is 1. The van der Waals surface area contributed by atoms with Crippen LogP contribution in [-0.4, -0.2) is 44.3 Å². The van der Waals surface area contributed by atoms with E-state index in [-0.39, 0.29) is 5.92 Å². The maximum absolute atomic E-state index is 12.1. The lowest BCUT2D eigenvalue weighted by atomic mass is 9.88. The van der Waals surface area contributed by atoms with Gasteiger partial charge in [0.1, 0.15) is 5.78 Å². The van der Waals surface area contributed by atoms with Crippen molar-refractivity contribution in [3.8, 4) is 0 Å². The maximum Gasteiger partial charge on any atom is 0.138 e. The van der Waals surface area contributed by atoms with Gasteiger partial charge in [-0.15, -0.1) is 0 Å². The first-order valence-electron chi connectivity index (χ1n) is 7.24. The first-order valence-corrected chi connectivity index (χ1v) is 7.24. The van der Waals surface area contributed by atoms with Crippen LogP contribution >= 0.6 is 0 Å². The fraction of sp³-hybridized carbons (Fsp3) is 0.929. The lowest BCUT2D eigenvalue weighted by molar-refractivity contribution is -0.125. The minimum atomic E-state index is 0.277. The molecule has 0 amide bonds. The third kappa shape index (κ3) is 4.04. The molecule has 2 aliphatic rings. The Morgan fingerprint density at radius 1 is 1.11 bits per heavy atom. The van der Waals surface area contributed by atoms with Gasteiger partial charge in [0.15, 0.2) is 0 Å². The van der Waals surface area contributed by atoms with Crippen LogP contribution in [0.25, 0.3) is 0 Å². The standard InChI is InChI=1S/C14H25NO3/c1-2-17-7-8-18-6-5-14(16)11-9-12-3-4-13(10-11)15-12/h11-13,15H,2-10H2,1H3. The van der Waals surface area contributed by atoms with Crippen LogP contribution in [0, 0.1) is 5.92 Å². The molecule has 2 unspecified atom stereocenters. The zero-order valence-electron chi connectivity index (χ0n) is 11.3. The van der Waals surface area contributed by atoms with Gasteiger partial charge < -0.3 is 14.8 Å². The van der Waals surface area contributed by atoms with Gasteiger partial charge in [0.2, 0.25) is 0 Å². The van der Waals surface area contributed by atoms with Crippen LogP contribution in [0.3, 0.4) is 0 Å². The number of fused-ring (bicyclic) bond motifs is 2. The quantitative estimate of drug-likeness (QED) is 0.668. The van der Waals surface area contributed by atoms with E-state index in [0.29, 0.717) is 44.1 Å². The van der Waals surface area contributed by atoms with E-state index in [1.54, 1.807) is 0 Å². The molecule has 0 aliphatic carbocycles. The molecule has 0 aromatic heterocycles. The Kier molecular flexibility index (Phi) is 5.60. The smallest absolute Gasteiger partial charge is 0.138 e. The Morgan fingerprint density at radius 2 is 1.78 bits per heavy atom. The SMILES string of the molecule is CCOCCOCCC(=O)C1CC2CCC(C1)N2. The number of hydrogen-bond acceptors (Lipinski definition) is 4. The summed E-state index contributed by atoms with van der Waals surface area (Å²) in [5.41, 5.74) is 0. The molecule has 0 radical (unpaired) electrons. The molecule has 0 saturated carbocycles. The highest BCUT2D eigenvalue weighted by atomic mass is 16.5. The van der Waals surface area contributed by atoms with Crippen molar-refractivity contribution in [2.24, 2.45) is 5.92 Å². The largest absolute Gasteiger partial charge is 0.379 e. The Morgan fingerprint density at radius 3 is 2.44 bits per heavy atom. The van der Waals surface area contributed by atoms with Crippen molar-refractivity contribution in [1.29, 1.82) is 0 Å². The Labute approximate surface area is 109 Å². The van der Waals surface area contributed by atoms with Crippen LogP contribution in [0.15, 0.2) is 0 Å². The van der Waals surface area contributed by atoms with Crippen LogP contribution < -0.4 is 5.32 Å². The second kappa shape index (κ2) is 7.22. The molecular weight excluding hydrogens is 230 g/mol. The summed E-state index contributed by atoms with van der Waals surface area (Å²) in [4.78, 5) is 12.1. The molecule has 2 atom stereocenters. The fourth-order valence-electron chi connectivity index (χ4n) is 3.06. The third-order valence-corrected chi connectivity index (χ3v) is 4.00. The molecule has 2 rings (SSSR count). The van der Waals surface area contributed by atoms with Crippen LogP contribution in [0.2, 0.25) is 0 Å². The van der Waals surface area contributed by atoms with Crippen molar-refractivity contribution in [2.45, 2.75) is 51.1 Å². The molecular formula is C14H25NO3. The molecule has 4 heteroatoms. The molecule has 2 bridgehead atoms. The average molecular weight is 255 g/mol. The minimum Gasteiger partial charge on any atom is -0.379 e. The van der Waals surface area contributed by atoms with Gasteiger partial charge in [-0.25, -0.2) is 0 Å². The van der Waals surface area contributed by atoms with Crippen molar-refractivity contribution in [3.63, 3.8) is 0 Å². The second-order valence-electron chi connectivity index (χ2n) is 5.33. The number of rotatable bonds is 8. The van der Waals surface area contributed by atoms with E-state index in [1.165, 1.54) is 12.8 Å². The van der Waals surface area contributed by atoms with Crippen molar-refractivity contribution < 1.29 is 14.3 Å². The topological polar surface area (TPSA) is 47.6 Å². The van der Waals surface area contributed by atoms with Crippen molar-refractivity contribution in [2.75, 3.05) is 26.4 Å². The van der Waals surface area contributed by atoms with Gasteiger partial charge >= 0.3 is 0 Å². The number of Topliss-reactive ketones (excluding diaryl/α,β-unsaturated/α-hetero) is 1. The molecule has 4 nitrogen and oxygen atoms in total. The number of nitrogens with one attached hydrogen (secondary N) is 1. The third-order valence-electron chi connectivity index (χ3n) is 4.00. The predicted molar refractivity (Wildman–Crippen MR) is 69.6 cm³/mol. The first kappa shape index (κ1) is 14.0. The van der Waals surface area contributed by atoms with Crippen LogP contribution in [0.1, 0.15) is 39.0 Å². The van der Waals surface area contributed by atoms with Crippen LogP contribution in [0.4, 0.5) is 0 Å². The summed E-state index contributed by atoms with van der Waals surface area (Å²) in [6.07, 6.45) is 5.14. The second-order valence-corrected chi connectivity index (χ2v) is 5.33. The van der Waals surface area contributed by atoms with Crippen LogP contribution in [0.5, 0.6) is 0 Å². The summed E-state index contributed by atoms with van der Waals surface area (Å²) in [6.45, 7) is 4.46. The van der Waals surface area contributed by atoms with E-state index in [1.807, 2.05) is 6.92 Å². The monoisotopic (exact) mass is 255 g/mol. The Balaban J connectivity index is 1.57. The molecule has 2 fully saturated rings. The normalized spacial score (nSPS) is 30.6. The number of piperidine rings is 1. The zero-order valence-corrected chi connectivity index (χ0v) is 11.3. The lowest BCUT2D eigenvalue weighted by Crippen LogP contribution is -2.40. The molecule has 0 aromatic carbocycles. The molecule has 1 N–H and O–H groups in total. The van der Waals surface area contributed by atoms with E-state index in [0.717, 1.165) is 19.4 Å². The highest BCUT2D eigenvalue weighted by Gasteiger charge is 2.36. The molecule has 2 aliphatic heterocycles. The molecule has 0 spiro atoms. The van der Waals surface area contributed by atoms with Crippen molar-refractivity contribution in [1.82, 2.24) is 5.32 Å². The van der Waals surface area contributed by atoms with Crippen molar-refractivity contribution in [3.05, 3.63) is 0 Å². The van der Waals surface area contributed by atoms with Gasteiger partial charge in [-0.1, -0.05) is 0 Å². The van der Waals surface area contributed by atoms with Crippen molar-refractivity contribution >= 4 is 5.78 Å². The fourth-order valence-corrected chi connectivity index (χ4v) is 3.06. The minimum absolute atomic E-state index is 0.277. The van der Waals surface area contributed by atoms with Gasteiger partial charge in [-0.05, 0) is 32.6 Å². The highest BCUT2D eigenvalue weighted by molar-refractivity contribution is 5.81. The summed E-state index contributed by atoms with van der Waals surface area (Å²) in [7, 11) is 0. The number of ether oxygens (including phenoxy) is 2. The number of carbonyl (C=O) groups excluding carboxylic acids is 1.